The quantitative estimate of drug-likeness (QED) is 0.163. The number of nitrogens with zero attached hydrogens (tertiary/aromatic N) is 4. The number of alkyl halides is 1. The number of halogens is 2. The van der Waals surface area contributed by atoms with Crippen molar-refractivity contribution in [3.63, 3.8) is 0 Å². The van der Waals surface area contributed by atoms with E-state index in [-0.39, 0.29) is 17.8 Å². The highest BCUT2D eigenvalue weighted by atomic mass is 35.5. The maximum absolute atomic E-state index is 6.78. The van der Waals surface area contributed by atoms with Crippen LogP contribution in [0, 0.1) is 0 Å². The highest BCUT2D eigenvalue weighted by Crippen LogP contribution is 2.17. The van der Waals surface area contributed by atoms with Crippen LogP contribution >= 0.6 is 24.0 Å². The standard InChI is InChI=1S/C27H35ClN8.ClH/c28-25(27-34-16-20-36(27)18-2-14-32-24-9-5-22(30)6-10-24)11-12-26-33-15-19-35(26)17-1-13-31-23-7-3-21(29)4-8-23;/h3-10,15-16,19-20,25,31-32H,1-2,11-14,17-18,29-30H2;1H/q+2;. The lowest BCUT2D eigenvalue weighted by Crippen LogP contribution is -2.35. The van der Waals surface area contributed by atoms with Gasteiger partial charge in [0.15, 0.2) is 12.4 Å². The Morgan fingerprint density at radius 3 is 1.86 bits per heavy atom. The van der Waals surface area contributed by atoms with E-state index in [0.717, 1.165) is 86.3 Å². The number of aliphatic imine (C=N–C) groups is 2. The molecule has 1 unspecified atom stereocenters. The van der Waals surface area contributed by atoms with Crippen molar-refractivity contribution in [2.75, 3.05) is 48.3 Å². The van der Waals surface area contributed by atoms with E-state index in [1.165, 1.54) is 0 Å². The fraction of sp³-hybridized carbons (Fsp3) is 0.333. The smallest absolute Gasteiger partial charge is 0.316 e. The number of hydrogen-bond acceptors (Lipinski definition) is 8. The molecule has 10 heteroatoms. The molecular weight excluding hydrogens is 507 g/mol. The largest absolute Gasteiger partial charge is 0.399 e. The summed E-state index contributed by atoms with van der Waals surface area (Å²) in [5, 5.41) is 6.69. The lowest BCUT2D eigenvalue weighted by Gasteiger charge is -2.15. The number of amidine groups is 2. The number of rotatable bonds is 14. The van der Waals surface area contributed by atoms with Crippen molar-refractivity contribution in [1.82, 2.24) is 19.8 Å². The fourth-order valence-electron chi connectivity index (χ4n) is 4.11. The first-order valence-corrected chi connectivity index (χ1v) is 12.9. The molecule has 0 bridgehead atoms. The van der Waals surface area contributed by atoms with Crippen LogP contribution in [0.15, 0.2) is 73.3 Å². The average molecular weight is 544 g/mol. The zero-order chi connectivity index (χ0) is 25.2. The molecule has 37 heavy (non-hydrogen) atoms. The van der Waals surface area contributed by atoms with Gasteiger partial charge in [-0.05, 0) is 59.9 Å². The van der Waals surface area contributed by atoms with Crippen LogP contribution in [0.5, 0.6) is 0 Å². The van der Waals surface area contributed by atoms with Crippen LogP contribution in [0.3, 0.4) is 0 Å². The molecule has 8 nitrogen and oxygen atoms in total. The van der Waals surface area contributed by atoms with E-state index in [2.05, 4.69) is 30.4 Å². The minimum absolute atomic E-state index is 0. The highest BCUT2D eigenvalue weighted by molar-refractivity contribution is 6.31. The number of hydrogen-bond donors (Lipinski definition) is 4. The van der Waals surface area contributed by atoms with Gasteiger partial charge >= 0.3 is 5.84 Å². The second-order valence-corrected chi connectivity index (χ2v) is 9.35. The lowest BCUT2D eigenvalue weighted by atomic mass is 10.2. The molecule has 2 aromatic carbocycles. The van der Waals surface area contributed by atoms with Crippen LogP contribution in [0.25, 0.3) is 0 Å². The molecule has 2 aliphatic heterocycles. The van der Waals surface area contributed by atoms with Crippen LogP contribution in [-0.4, -0.2) is 53.0 Å². The SMILES string of the molecule is Cl.Nc1ccc(NCCCN2C=C[N+]=C2CCC(Cl)C2=[N+]C=CN2CCCNc2ccc(N)cc2)cc1. The van der Waals surface area contributed by atoms with E-state index in [9.17, 15) is 0 Å². The summed E-state index contributed by atoms with van der Waals surface area (Å²) in [7, 11) is 0. The Hall–Kier alpha value is -3.36. The summed E-state index contributed by atoms with van der Waals surface area (Å²) in [5.74, 6) is 1.97. The minimum atomic E-state index is -0.164. The van der Waals surface area contributed by atoms with Gasteiger partial charge in [-0.1, -0.05) is 4.99 Å². The zero-order valence-corrected chi connectivity index (χ0v) is 22.5. The Labute approximate surface area is 230 Å². The van der Waals surface area contributed by atoms with Gasteiger partial charge in [0.25, 0.3) is 5.84 Å². The Morgan fingerprint density at radius 2 is 1.27 bits per heavy atom. The number of anilines is 4. The number of nitrogens with one attached hydrogen (secondary N) is 2. The van der Waals surface area contributed by atoms with E-state index in [1.807, 2.05) is 73.3 Å². The average Bonchev–Trinajstić information content (AvgIpc) is 3.54. The van der Waals surface area contributed by atoms with E-state index in [0.29, 0.717) is 0 Å². The van der Waals surface area contributed by atoms with Crippen molar-refractivity contribution < 1.29 is 0 Å². The summed E-state index contributed by atoms with van der Waals surface area (Å²) in [5.41, 5.74) is 15.2. The van der Waals surface area contributed by atoms with Crippen LogP contribution in [0.4, 0.5) is 22.7 Å². The molecule has 0 aliphatic carbocycles. The van der Waals surface area contributed by atoms with Crippen molar-refractivity contribution in [2.24, 2.45) is 0 Å². The number of benzene rings is 2. The normalized spacial score (nSPS) is 14.8. The molecule has 0 saturated carbocycles. The summed E-state index contributed by atoms with van der Waals surface area (Å²) in [6, 6.07) is 15.6. The van der Waals surface area contributed by atoms with Gasteiger partial charge < -0.3 is 22.1 Å². The maximum atomic E-state index is 6.78. The van der Waals surface area contributed by atoms with Crippen LogP contribution < -0.4 is 32.1 Å². The molecule has 2 aromatic rings. The first-order valence-electron chi connectivity index (χ1n) is 12.4. The van der Waals surface area contributed by atoms with E-state index >= 15 is 0 Å². The summed E-state index contributed by atoms with van der Waals surface area (Å²) < 4.78 is 0. The van der Waals surface area contributed by atoms with Gasteiger partial charge in [0.1, 0.15) is 17.8 Å². The Kier molecular flexibility index (Phi) is 11.0. The highest BCUT2D eigenvalue weighted by Gasteiger charge is 2.33. The third kappa shape index (κ3) is 8.61. The summed E-state index contributed by atoms with van der Waals surface area (Å²) in [4.78, 5) is 13.5. The topological polar surface area (TPSA) is 111 Å². The molecule has 1 atom stereocenters. The first-order chi connectivity index (χ1) is 17.6. The molecule has 0 fully saturated rings. The van der Waals surface area contributed by atoms with Gasteiger partial charge in [-0.25, -0.2) is 9.80 Å². The second kappa shape index (κ2) is 14.4. The third-order valence-electron chi connectivity index (χ3n) is 6.08. The van der Waals surface area contributed by atoms with Crippen molar-refractivity contribution in [1.29, 1.82) is 0 Å². The minimum Gasteiger partial charge on any atom is -0.399 e. The van der Waals surface area contributed by atoms with Crippen molar-refractivity contribution in [3.8, 4) is 0 Å². The molecule has 0 amide bonds. The third-order valence-corrected chi connectivity index (χ3v) is 6.50. The predicted octanol–water partition coefficient (Wildman–Crippen LogP) is 4.01. The van der Waals surface area contributed by atoms with Crippen molar-refractivity contribution in [3.05, 3.63) is 73.3 Å². The van der Waals surface area contributed by atoms with E-state index in [4.69, 9.17) is 23.1 Å². The second-order valence-electron chi connectivity index (χ2n) is 8.83. The number of nitrogen functional groups attached to an aromatic ring is 2. The molecule has 6 N–H and O–H groups in total. The molecule has 0 spiro atoms. The zero-order valence-electron chi connectivity index (χ0n) is 20.9. The lowest BCUT2D eigenvalue weighted by molar-refractivity contribution is 0.526. The molecule has 0 saturated heterocycles. The van der Waals surface area contributed by atoms with Gasteiger partial charge in [0.05, 0.1) is 19.5 Å². The molecule has 4 rings (SSSR count). The monoisotopic (exact) mass is 542 g/mol. The Balaban J connectivity index is 0.00000380. The molecule has 2 aliphatic rings. The number of nitrogens with two attached hydrogens (primary N) is 2. The molecule has 0 aromatic heterocycles. The predicted molar refractivity (Wildman–Crippen MR) is 160 cm³/mol. The van der Waals surface area contributed by atoms with Gasteiger partial charge in [-0.2, -0.15) is 0 Å². The Morgan fingerprint density at radius 1 is 0.757 bits per heavy atom. The maximum Gasteiger partial charge on any atom is 0.316 e. The molecule has 2 radical (unpaired) electrons. The van der Waals surface area contributed by atoms with Gasteiger partial charge in [-0.3, -0.25) is 0 Å². The molecular formula is C27H36Cl2N8+2. The summed E-state index contributed by atoms with van der Waals surface area (Å²) in [6.07, 6.45) is 11.3. The van der Waals surface area contributed by atoms with E-state index < -0.39 is 0 Å². The van der Waals surface area contributed by atoms with Crippen LogP contribution in [-0.2, 0) is 0 Å². The first kappa shape index (κ1) is 28.2. The summed E-state index contributed by atoms with van der Waals surface area (Å²) >= 11 is 6.78. The molecule has 2 heterocycles. The fourth-order valence-corrected chi connectivity index (χ4v) is 4.40. The van der Waals surface area contributed by atoms with Crippen molar-refractivity contribution >= 4 is 58.4 Å². The van der Waals surface area contributed by atoms with Crippen molar-refractivity contribution in [2.45, 2.75) is 31.1 Å². The van der Waals surface area contributed by atoms with E-state index in [1.54, 1.807) is 0 Å². The van der Waals surface area contributed by atoms with Gasteiger partial charge in [0.2, 0.25) is 0 Å². The van der Waals surface area contributed by atoms with Gasteiger partial charge in [-0.15, -0.1) is 24.0 Å². The van der Waals surface area contributed by atoms with Crippen LogP contribution in [0.2, 0.25) is 0 Å². The summed E-state index contributed by atoms with van der Waals surface area (Å²) in [6.45, 7) is 3.50. The molecule has 196 valence electrons. The Bertz CT molecular complexity index is 1100. The van der Waals surface area contributed by atoms with Gasteiger partial charge in [0, 0.05) is 48.7 Å². The van der Waals surface area contributed by atoms with Crippen LogP contribution in [0.1, 0.15) is 25.7 Å².